The molecule has 0 aliphatic heterocycles. The van der Waals surface area contributed by atoms with E-state index >= 15 is 0 Å². The van der Waals surface area contributed by atoms with Crippen molar-refractivity contribution in [3.63, 3.8) is 0 Å². The van der Waals surface area contributed by atoms with E-state index < -0.39 is 0 Å². The lowest BCUT2D eigenvalue weighted by atomic mass is 9.94. The molecule has 0 fully saturated rings. The number of guanidine groups is 1. The Kier molecular flexibility index (Phi) is 7.29. The van der Waals surface area contributed by atoms with Crippen molar-refractivity contribution in [1.29, 1.82) is 0 Å². The maximum atomic E-state index is 5.82. The largest absolute Gasteiger partial charge is 0.461 e. The zero-order valence-electron chi connectivity index (χ0n) is 16.2. The van der Waals surface area contributed by atoms with Gasteiger partial charge in [0.15, 0.2) is 5.96 Å². The van der Waals surface area contributed by atoms with E-state index in [0.29, 0.717) is 18.4 Å². The SMILES string of the molecule is CN=C(NCCc1cc2ccccc2o1)NCc1ncc(C(C)(C)C)o1.I. The minimum atomic E-state index is -0.0439. The number of para-hydroxylation sites is 1. The number of fused-ring (bicyclic) bond motifs is 1. The lowest BCUT2D eigenvalue weighted by molar-refractivity contribution is 0.379. The Morgan fingerprint density at radius 3 is 2.59 bits per heavy atom. The van der Waals surface area contributed by atoms with Crippen LogP contribution in [0.15, 0.2) is 50.4 Å². The molecule has 0 saturated carbocycles. The molecule has 2 heterocycles. The maximum Gasteiger partial charge on any atom is 0.213 e. The van der Waals surface area contributed by atoms with Crippen LogP contribution in [0.4, 0.5) is 0 Å². The molecule has 7 heteroatoms. The van der Waals surface area contributed by atoms with Crippen molar-refractivity contribution in [2.24, 2.45) is 4.99 Å². The van der Waals surface area contributed by atoms with Gasteiger partial charge in [0.25, 0.3) is 0 Å². The number of aliphatic imine (C=N–C) groups is 1. The molecule has 2 aromatic heterocycles. The van der Waals surface area contributed by atoms with Gasteiger partial charge in [0.2, 0.25) is 5.89 Å². The lowest BCUT2D eigenvalue weighted by Gasteiger charge is -2.13. The molecule has 3 rings (SSSR count). The number of nitrogens with one attached hydrogen (secondary N) is 2. The van der Waals surface area contributed by atoms with Gasteiger partial charge in [-0.05, 0) is 12.1 Å². The molecule has 0 amide bonds. The summed E-state index contributed by atoms with van der Waals surface area (Å²) in [7, 11) is 1.74. The van der Waals surface area contributed by atoms with Crippen molar-refractivity contribution >= 4 is 40.9 Å². The van der Waals surface area contributed by atoms with Gasteiger partial charge in [0.1, 0.15) is 17.1 Å². The third-order valence-electron chi connectivity index (χ3n) is 4.06. The number of nitrogens with zero attached hydrogens (tertiary/aromatic N) is 2. The van der Waals surface area contributed by atoms with Gasteiger partial charge < -0.3 is 19.5 Å². The molecule has 0 atom stereocenters. The first kappa shape index (κ1) is 21.3. The Hall–Kier alpha value is -2.03. The third-order valence-corrected chi connectivity index (χ3v) is 4.06. The summed E-state index contributed by atoms with van der Waals surface area (Å²) in [5.41, 5.74) is 0.876. The van der Waals surface area contributed by atoms with Gasteiger partial charge in [-0.3, -0.25) is 4.99 Å². The summed E-state index contributed by atoms with van der Waals surface area (Å²) in [6, 6.07) is 10.1. The summed E-state index contributed by atoms with van der Waals surface area (Å²) in [5, 5.41) is 7.62. The smallest absolute Gasteiger partial charge is 0.213 e. The quantitative estimate of drug-likeness (QED) is 0.323. The number of hydrogen-bond donors (Lipinski definition) is 2. The van der Waals surface area contributed by atoms with Gasteiger partial charge >= 0.3 is 0 Å². The topological polar surface area (TPSA) is 75.6 Å². The van der Waals surface area contributed by atoms with Crippen molar-refractivity contribution in [2.75, 3.05) is 13.6 Å². The average Bonchev–Trinajstić information content (AvgIpc) is 3.23. The highest BCUT2D eigenvalue weighted by atomic mass is 127. The highest BCUT2D eigenvalue weighted by Gasteiger charge is 2.19. The fraction of sp³-hybridized carbons (Fsp3) is 0.400. The van der Waals surface area contributed by atoms with Gasteiger partial charge in [-0.1, -0.05) is 39.0 Å². The van der Waals surface area contributed by atoms with Crippen molar-refractivity contribution in [1.82, 2.24) is 15.6 Å². The molecular formula is C20H27IN4O2. The summed E-state index contributed by atoms with van der Waals surface area (Å²) in [6.07, 6.45) is 2.57. The van der Waals surface area contributed by atoms with E-state index in [4.69, 9.17) is 8.83 Å². The molecule has 0 spiro atoms. The Labute approximate surface area is 176 Å². The van der Waals surface area contributed by atoms with Crippen LogP contribution in [0.3, 0.4) is 0 Å². The molecule has 0 bridgehead atoms. The fourth-order valence-corrected chi connectivity index (χ4v) is 2.58. The Balaban J connectivity index is 0.00000261. The third kappa shape index (κ3) is 5.72. The van der Waals surface area contributed by atoms with Crippen LogP contribution in [-0.2, 0) is 18.4 Å². The molecule has 0 aliphatic carbocycles. The highest BCUT2D eigenvalue weighted by molar-refractivity contribution is 14.0. The molecule has 0 aliphatic rings. The van der Waals surface area contributed by atoms with E-state index in [9.17, 15) is 0 Å². The minimum Gasteiger partial charge on any atom is -0.461 e. The van der Waals surface area contributed by atoms with E-state index in [2.05, 4.69) is 53.5 Å². The Morgan fingerprint density at radius 2 is 1.93 bits per heavy atom. The van der Waals surface area contributed by atoms with Crippen LogP contribution in [-0.4, -0.2) is 24.5 Å². The first-order valence-electron chi connectivity index (χ1n) is 8.83. The van der Waals surface area contributed by atoms with E-state index in [0.717, 1.165) is 35.5 Å². The standard InChI is InChI=1S/C20H26N4O2.HI/c1-20(2,3)17-12-23-18(26-17)13-24-19(21-4)22-10-9-15-11-14-7-5-6-8-16(14)25-15;/h5-8,11-12H,9-10,13H2,1-4H3,(H2,21,22,24);1H. The van der Waals surface area contributed by atoms with Crippen LogP contribution in [0.2, 0.25) is 0 Å². The summed E-state index contributed by atoms with van der Waals surface area (Å²) < 4.78 is 11.6. The summed E-state index contributed by atoms with van der Waals surface area (Å²) >= 11 is 0. The molecule has 0 unspecified atom stereocenters. The number of aromatic nitrogens is 1. The second-order valence-electron chi connectivity index (χ2n) is 7.22. The van der Waals surface area contributed by atoms with Crippen LogP contribution in [0.5, 0.6) is 0 Å². The van der Waals surface area contributed by atoms with Crippen molar-refractivity contribution in [2.45, 2.75) is 39.2 Å². The zero-order valence-corrected chi connectivity index (χ0v) is 18.5. The summed E-state index contributed by atoms with van der Waals surface area (Å²) in [6.45, 7) is 7.51. The van der Waals surface area contributed by atoms with Gasteiger partial charge in [-0.25, -0.2) is 4.98 Å². The number of furan rings is 1. The van der Waals surface area contributed by atoms with Gasteiger partial charge in [0.05, 0.1) is 12.7 Å². The predicted molar refractivity (Wildman–Crippen MR) is 119 cm³/mol. The average molecular weight is 482 g/mol. The molecule has 1 aromatic carbocycles. The van der Waals surface area contributed by atoms with E-state index in [-0.39, 0.29) is 29.4 Å². The van der Waals surface area contributed by atoms with Crippen LogP contribution in [0.1, 0.15) is 38.2 Å². The molecular weight excluding hydrogens is 455 g/mol. The summed E-state index contributed by atoms with van der Waals surface area (Å²) in [4.78, 5) is 8.54. The number of halogens is 1. The predicted octanol–water partition coefficient (Wildman–Crippen LogP) is 4.24. The second kappa shape index (κ2) is 9.25. The minimum absolute atomic E-state index is 0. The van der Waals surface area contributed by atoms with Crippen LogP contribution < -0.4 is 10.6 Å². The van der Waals surface area contributed by atoms with Gasteiger partial charge in [-0.2, -0.15) is 0 Å². The van der Waals surface area contributed by atoms with Crippen molar-refractivity contribution < 1.29 is 8.83 Å². The zero-order chi connectivity index (χ0) is 18.6. The van der Waals surface area contributed by atoms with E-state index in [1.807, 2.05) is 18.2 Å². The number of hydrogen-bond acceptors (Lipinski definition) is 4. The second-order valence-corrected chi connectivity index (χ2v) is 7.22. The monoisotopic (exact) mass is 482 g/mol. The maximum absolute atomic E-state index is 5.82. The Morgan fingerprint density at radius 1 is 1.15 bits per heavy atom. The molecule has 6 nitrogen and oxygen atoms in total. The molecule has 27 heavy (non-hydrogen) atoms. The van der Waals surface area contributed by atoms with Crippen LogP contribution in [0, 0.1) is 0 Å². The summed E-state index contributed by atoms with van der Waals surface area (Å²) in [5.74, 6) is 3.19. The lowest BCUT2D eigenvalue weighted by Crippen LogP contribution is -2.37. The van der Waals surface area contributed by atoms with Crippen LogP contribution in [0.25, 0.3) is 11.0 Å². The van der Waals surface area contributed by atoms with E-state index in [1.54, 1.807) is 13.2 Å². The normalized spacial score (nSPS) is 12.1. The highest BCUT2D eigenvalue weighted by Crippen LogP contribution is 2.22. The van der Waals surface area contributed by atoms with Crippen LogP contribution >= 0.6 is 24.0 Å². The first-order chi connectivity index (χ1) is 12.5. The fourth-order valence-electron chi connectivity index (χ4n) is 2.58. The van der Waals surface area contributed by atoms with Crippen molar-refractivity contribution in [3.8, 4) is 0 Å². The first-order valence-corrected chi connectivity index (χ1v) is 8.83. The van der Waals surface area contributed by atoms with Crippen molar-refractivity contribution in [3.05, 3.63) is 53.9 Å². The molecule has 146 valence electrons. The molecule has 0 radical (unpaired) electrons. The molecule has 3 aromatic rings. The number of benzene rings is 1. The molecule has 2 N–H and O–H groups in total. The van der Waals surface area contributed by atoms with Gasteiger partial charge in [0, 0.05) is 30.8 Å². The molecule has 0 saturated heterocycles. The van der Waals surface area contributed by atoms with E-state index in [1.165, 1.54) is 0 Å². The van der Waals surface area contributed by atoms with Gasteiger partial charge in [-0.15, -0.1) is 24.0 Å². The number of oxazole rings is 1. The number of rotatable bonds is 5. The Bertz CT molecular complexity index is 860.